The molecule has 1 aliphatic heterocycles. The maximum atomic E-state index is 14.0. The molecule has 1 N–H and O–H groups in total. The first-order chi connectivity index (χ1) is 20.6. The summed E-state index contributed by atoms with van der Waals surface area (Å²) in [5, 5.41) is 9.42. The van der Waals surface area contributed by atoms with Crippen molar-refractivity contribution in [1.82, 2.24) is 4.57 Å². The fourth-order valence-corrected chi connectivity index (χ4v) is 6.22. The molecule has 1 aliphatic rings. The van der Waals surface area contributed by atoms with Crippen LogP contribution in [0.2, 0.25) is 0 Å². The number of allylic oxidation sites excluding steroid dienone is 1. The lowest BCUT2D eigenvalue weighted by atomic mass is 9.92. The highest BCUT2D eigenvalue weighted by Crippen LogP contribution is 2.33. The van der Waals surface area contributed by atoms with Gasteiger partial charge in [0, 0.05) is 11.6 Å². The second-order valence-electron chi connectivity index (χ2n) is 10.8. The first-order valence-electron chi connectivity index (χ1n) is 14.4. The summed E-state index contributed by atoms with van der Waals surface area (Å²) in [4.78, 5) is 44.2. The number of nitrogens with zero attached hydrogens (tertiary/aromatic N) is 2. The van der Waals surface area contributed by atoms with Gasteiger partial charge in [0.25, 0.3) is 5.56 Å². The minimum absolute atomic E-state index is 0.161. The van der Waals surface area contributed by atoms with Crippen LogP contribution in [0.5, 0.6) is 0 Å². The number of thiazole rings is 1. The number of aromatic carboxylic acids is 1. The van der Waals surface area contributed by atoms with Gasteiger partial charge in [0.2, 0.25) is 0 Å². The number of carboxylic acid groups (broad SMARTS) is 1. The van der Waals surface area contributed by atoms with E-state index in [1.54, 1.807) is 47.9 Å². The number of ether oxygens (including phenoxy) is 1. The Morgan fingerprint density at radius 1 is 1.12 bits per heavy atom. The van der Waals surface area contributed by atoms with Crippen LogP contribution in [-0.4, -0.2) is 28.2 Å². The van der Waals surface area contributed by atoms with E-state index in [1.165, 1.54) is 11.3 Å². The number of hydrogen-bond acceptors (Lipinski definition) is 7. The van der Waals surface area contributed by atoms with Gasteiger partial charge in [-0.25, -0.2) is 14.6 Å². The molecule has 9 heteroatoms. The Balaban J connectivity index is 1.66. The Bertz CT molecular complexity index is 1910. The van der Waals surface area contributed by atoms with E-state index >= 15 is 0 Å². The molecule has 0 amide bonds. The molecule has 2 aromatic heterocycles. The molecule has 0 fully saturated rings. The molecule has 0 radical (unpaired) electrons. The number of carboxylic acids is 1. The summed E-state index contributed by atoms with van der Waals surface area (Å²) in [5.41, 5.74) is 4.37. The lowest BCUT2D eigenvalue weighted by Gasteiger charge is -2.26. The Labute approximate surface area is 253 Å². The van der Waals surface area contributed by atoms with Crippen molar-refractivity contribution in [1.29, 1.82) is 0 Å². The topological polar surface area (TPSA) is 111 Å². The summed E-state index contributed by atoms with van der Waals surface area (Å²) in [6.07, 6.45) is 3.00. The number of benzene rings is 2. The molecule has 1 atom stereocenters. The molecule has 8 nitrogen and oxygen atoms in total. The van der Waals surface area contributed by atoms with Gasteiger partial charge in [0.1, 0.15) is 11.5 Å². The third kappa shape index (κ3) is 5.90. The molecular formula is C34H34N2O6S. The van der Waals surface area contributed by atoms with Gasteiger partial charge in [-0.1, -0.05) is 68.9 Å². The minimum atomic E-state index is -1.02. The van der Waals surface area contributed by atoms with Crippen molar-refractivity contribution in [3.8, 4) is 11.3 Å². The van der Waals surface area contributed by atoms with Crippen molar-refractivity contribution < 1.29 is 23.8 Å². The minimum Gasteiger partial charge on any atom is -0.478 e. The Hall–Kier alpha value is -4.50. The fraction of sp³-hybridized carbons (Fsp3) is 0.294. The quantitative estimate of drug-likeness (QED) is 0.238. The van der Waals surface area contributed by atoms with E-state index in [1.807, 2.05) is 38.1 Å². The molecule has 0 aliphatic carbocycles. The molecule has 2 aromatic carbocycles. The predicted molar refractivity (Wildman–Crippen MR) is 166 cm³/mol. The lowest BCUT2D eigenvalue weighted by molar-refractivity contribution is -0.139. The predicted octanol–water partition coefficient (Wildman–Crippen LogP) is 5.97. The van der Waals surface area contributed by atoms with Crippen molar-refractivity contribution in [2.24, 2.45) is 4.99 Å². The van der Waals surface area contributed by atoms with E-state index in [-0.39, 0.29) is 17.7 Å². The molecule has 222 valence electrons. The van der Waals surface area contributed by atoms with Gasteiger partial charge in [0.05, 0.1) is 34.0 Å². The number of carbonyl (C=O) groups is 2. The Morgan fingerprint density at radius 3 is 2.51 bits per heavy atom. The molecule has 5 rings (SSSR count). The summed E-state index contributed by atoms with van der Waals surface area (Å²) >= 11 is 1.24. The van der Waals surface area contributed by atoms with Crippen LogP contribution in [0.4, 0.5) is 0 Å². The summed E-state index contributed by atoms with van der Waals surface area (Å²) < 4.78 is 13.5. The summed E-state index contributed by atoms with van der Waals surface area (Å²) in [6, 6.07) is 15.7. The zero-order valence-corrected chi connectivity index (χ0v) is 25.7. The highest BCUT2D eigenvalue weighted by molar-refractivity contribution is 7.07. The number of fused-ring (bicyclic) bond motifs is 1. The molecule has 3 heterocycles. The molecule has 0 saturated heterocycles. The van der Waals surface area contributed by atoms with Gasteiger partial charge in [-0.15, -0.1) is 0 Å². The van der Waals surface area contributed by atoms with E-state index < -0.39 is 18.0 Å². The number of furan rings is 1. The van der Waals surface area contributed by atoms with Gasteiger partial charge in [-0.3, -0.25) is 9.36 Å². The maximum absolute atomic E-state index is 14.0. The molecule has 0 spiro atoms. The first-order valence-corrected chi connectivity index (χ1v) is 15.2. The van der Waals surface area contributed by atoms with Crippen LogP contribution in [0.1, 0.15) is 85.3 Å². The SMILES string of the molecule is CCCC1=C(C(=O)OCC)[C@@H](c2ccc(C(C)C)cc2)n2c(s/c(=C\c3ccc(-c4cc(C(=O)O)ccc4C)o3)c2=O)=N1. The highest BCUT2D eigenvalue weighted by Gasteiger charge is 2.34. The van der Waals surface area contributed by atoms with E-state index in [4.69, 9.17) is 14.1 Å². The van der Waals surface area contributed by atoms with Crippen molar-refractivity contribution in [3.63, 3.8) is 0 Å². The van der Waals surface area contributed by atoms with Crippen molar-refractivity contribution >= 4 is 29.4 Å². The van der Waals surface area contributed by atoms with Gasteiger partial charge < -0.3 is 14.3 Å². The third-order valence-electron chi connectivity index (χ3n) is 7.46. The maximum Gasteiger partial charge on any atom is 0.338 e. The Morgan fingerprint density at radius 2 is 1.86 bits per heavy atom. The van der Waals surface area contributed by atoms with Crippen LogP contribution in [0.3, 0.4) is 0 Å². The fourth-order valence-electron chi connectivity index (χ4n) is 5.22. The van der Waals surface area contributed by atoms with Gasteiger partial charge >= 0.3 is 11.9 Å². The molecule has 43 heavy (non-hydrogen) atoms. The highest BCUT2D eigenvalue weighted by atomic mass is 32.1. The zero-order valence-electron chi connectivity index (χ0n) is 24.8. The normalized spacial score (nSPS) is 15.0. The number of aromatic nitrogens is 1. The van der Waals surface area contributed by atoms with Crippen molar-refractivity contribution in [2.45, 2.75) is 59.4 Å². The van der Waals surface area contributed by atoms with Crippen molar-refractivity contribution in [3.05, 3.63) is 114 Å². The standard InChI is InChI=1S/C34H34N2O6S/c1-6-8-26-29(33(40)41-7-2)30(22-13-11-21(12-14-22)19(3)4)36-31(37)28(43-34(36)35-26)18-24-15-16-27(42-24)25-17-23(32(38)39)10-9-20(25)5/h9-19,30H,6-8H2,1-5H3,(H,38,39)/b28-18-/t30-/m1/s1. The van der Waals surface area contributed by atoms with Gasteiger partial charge in [0.15, 0.2) is 4.80 Å². The van der Waals surface area contributed by atoms with Crippen LogP contribution < -0.4 is 14.9 Å². The largest absolute Gasteiger partial charge is 0.478 e. The van der Waals surface area contributed by atoms with E-state index in [2.05, 4.69) is 13.8 Å². The number of rotatable bonds is 9. The number of esters is 1. The van der Waals surface area contributed by atoms with Crippen molar-refractivity contribution in [2.75, 3.05) is 6.61 Å². The summed E-state index contributed by atoms with van der Waals surface area (Å²) in [6.45, 7) is 10.1. The van der Waals surface area contributed by atoms with Gasteiger partial charge in [-0.05, 0) is 67.1 Å². The first kappa shape index (κ1) is 30.0. The average molecular weight is 599 g/mol. The average Bonchev–Trinajstić information content (AvgIpc) is 3.56. The molecule has 4 aromatic rings. The van der Waals surface area contributed by atoms with Crippen LogP contribution in [-0.2, 0) is 9.53 Å². The molecule has 0 saturated carbocycles. The van der Waals surface area contributed by atoms with E-state index in [9.17, 15) is 19.5 Å². The monoisotopic (exact) mass is 598 g/mol. The Kier molecular flexibility index (Phi) is 8.64. The number of aryl methyl sites for hydroxylation is 1. The van der Waals surface area contributed by atoms with Crippen LogP contribution >= 0.6 is 11.3 Å². The van der Waals surface area contributed by atoms with Gasteiger partial charge in [-0.2, -0.15) is 0 Å². The lowest BCUT2D eigenvalue weighted by Crippen LogP contribution is -2.40. The molecule has 0 bridgehead atoms. The third-order valence-corrected chi connectivity index (χ3v) is 8.44. The second kappa shape index (κ2) is 12.4. The molecular weight excluding hydrogens is 564 g/mol. The van der Waals surface area contributed by atoms with E-state index in [0.29, 0.717) is 50.0 Å². The van der Waals surface area contributed by atoms with Crippen LogP contribution in [0.25, 0.3) is 17.4 Å². The summed E-state index contributed by atoms with van der Waals surface area (Å²) in [7, 11) is 0. The second-order valence-corrected chi connectivity index (χ2v) is 11.8. The van der Waals surface area contributed by atoms with Crippen LogP contribution in [0.15, 0.2) is 80.1 Å². The number of carbonyl (C=O) groups excluding carboxylic acids is 1. The molecule has 0 unspecified atom stereocenters. The zero-order chi connectivity index (χ0) is 30.8. The summed E-state index contributed by atoms with van der Waals surface area (Å²) in [5.74, 6) is -0.224. The van der Waals surface area contributed by atoms with Crippen LogP contribution in [0, 0.1) is 6.92 Å². The van der Waals surface area contributed by atoms with E-state index in [0.717, 1.165) is 23.1 Å². The number of hydrogen-bond donors (Lipinski definition) is 1. The smallest absolute Gasteiger partial charge is 0.338 e.